The fourth-order valence-electron chi connectivity index (χ4n) is 9.01. The van der Waals surface area contributed by atoms with Gasteiger partial charge in [-0.05, 0) is 141 Å². The van der Waals surface area contributed by atoms with Crippen LogP contribution in [0.15, 0.2) is 59.9 Å². The zero-order valence-corrected chi connectivity index (χ0v) is 36.9. The molecular weight excluding hydrogens is 689 g/mol. The van der Waals surface area contributed by atoms with Crippen LogP contribution in [0, 0.1) is 26.7 Å². The van der Waals surface area contributed by atoms with Crippen LogP contribution < -0.4 is 0 Å². The molecule has 0 amide bonds. The Morgan fingerprint density at radius 3 is 1.79 bits per heavy atom. The molecule has 1 aliphatic carbocycles. The van der Waals surface area contributed by atoms with Gasteiger partial charge in [-0.3, -0.25) is 0 Å². The summed E-state index contributed by atoms with van der Waals surface area (Å²) in [7, 11) is 0. The maximum absolute atomic E-state index is 12.0. The standard InChI is InChI=1S/C52H74O4/c1-13-19-21-23-44-36(10)38(32-46(50(44)56)52(12,17-5)18-6)29-40-25-34(8)27-42(48(40)54)30-41-26-33(7)24-39(47(41)53)28-37-31-45(51(11,15-3)16-4)49(55)43(35(37)9)22-20-14-2/h15,24-26,31-32,42,53-56H,3,13-14,16-23,27-30H2,1-2,4-12H3. The van der Waals surface area contributed by atoms with E-state index in [1.54, 1.807) is 0 Å². The molecular formula is C52H74O4. The van der Waals surface area contributed by atoms with Gasteiger partial charge >= 0.3 is 0 Å². The first-order valence-corrected chi connectivity index (χ1v) is 21.8. The second-order valence-corrected chi connectivity index (χ2v) is 17.7. The molecule has 0 fully saturated rings. The number of phenolic OH excluding ortho intramolecular Hbond substituents is 3. The maximum Gasteiger partial charge on any atom is 0.123 e. The second-order valence-electron chi connectivity index (χ2n) is 17.7. The molecule has 4 rings (SSSR count). The van der Waals surface area contributed by atoms with Crippen molar-refractivity contribution >= 4 is 0 Å². The molecule has 0 bridgehead atoms. The molecule has 0 aliphatic heterocycles. The number of rotatable bonds is 19. The minimum atomic E-state index is -0.371. The number of unbranched alkanes of at least 4 members (excludes halogenated alkanes) is 3. The van der Waals surface area contributed by atoms with Gasteiger partial charge in [0.1, 0.15) is 17.2 Å². The molecule has 3 aromatic rings. The summed E-state index contributed by atoms with van der Waals surface area (Å²) in [5, 5.41) is 47.3. The molecule has 4 N–H and O–H groups in total. The van der Waals surface area contributed by atoms with Crippen molar-refractivity contribution in [1.82, 2.24) is 0 Å². The predicted molar refractivity (Wildman–Crippen MR) is 238 cm³/mol. The molecule has 3 aromatic carbocycles. The first kappa shape index (κ1) is 44.8. The van der Waals surface area contributed by atoms with Crippen molar-refractivity contribution in [2.75, 3.05) is 0 Å². The summed E-state index contributed by atoms with van der Waals surface area (Å²) in [5.74, 6) is 1.37. The smallest absolute Gasteiger partial charge is 0.123 e. The third kappa shape index (κ3) is 9.43. The van der Waals surface area contributed by atoms with E-state index >= 15 is 0 Å². The van der Waals surface area contributed by atoms with Crippen molar-refractivity contribution in [2.24, 2.45) is 5.92 Å². The van der Waals surface area contributed by atoms with Gasteiger partial charge in [0.25, 0.3) is 0 Å². The molecule has 4 nitrogen and oxygen atoms in total. The molecule has 0 spiro atoms. The Kier molecular flexibility index (Phi) is 15.2. The number of aromatic hydroxyl groups is 3. The number of aryl methyl sites for hydroxylation is 1. The van der Waals surface area contributed by atoms with E-state index in [1.165, 1.54) is 11.1 Å². The van der Waals surface area contributed by atoms with Gasteiger partial charge in [0, 0.05) is 35.3 Å². The first-order valence-electron chi connectivity index (χ1n) is 21.8. The first-order chi connectivity index (χ1) is 26.5. The Morgan fingerprint density at radius 2 is 1.21 bits per heavy atom. The molecule has 4 heteroatoms. The monoisotopic (exact) mass is 763 g/mol. The fraction of sp³-hybridized carbons (Fsp3) is 0.538. The van der Waals surface area contributed by atoms with Crippen LogP contribution in [0.3, 0.4) is 0 Å². The quantitative estimate of drug-likeness (QED) is 0.0724. The lowest BCUT2D eigenvalue weighted by Gasteiger charge is -2.31. The Hall–Kier alpha value is -3.92. The fourth-order valence-corrected chi connectivity index (χ4v) is 9.01. The van der Waals surface area contributed by atoms with E-state index in [1.807, 2.05) is 6.08 Å². The number of aliphatic hydroxyl groups excluding tert-OH is 1. The largest absolute Gasteiger partial charge is 0.512 e. The minimum Gasteiger partial charge on any atom is -0.512 e. The summed E-state index contributed by atoms with van der Waals surface area (Å²) in [5.41, 5.74) is 12.9. The number of hydrogen-bond acceptors (Lipinski definition) is 4. The van der Waals surface area contributed by atoms with Crippen LogP contribution in [0.5, 0.6) is 17.2 Å². The Labute approximate surface area is 340 Å². The van der Waals surface area contributed by atoms with Crippen LogP contribution in [0.2, 0.25) is 0 Å². The summed E-state index contributed by atoms with van der Waals surface area (Å²) < 4.78 is 0. The molecule has 0 radical (unpaired) electrons. The van der Waals surface area contributed by atoms with Gasteiger partial charge in [-0.15, -0.1) is 6.58 Å². The highest BCUT2D eigenvalue weighted by Gasteiger charge is 2.31. The van der Waals surface area contributed by atoms with E-state index in [0.29, 0.717) is 36.5 Å². The van der Waals surface area contributed by atoms with Gasteiger partial charge in [-0.25, -0.2) is 0 Å². The highest BCUT2D eigenvalue weighted by molar-refractivity contribution is 5.57. The molecule has 2 unspecified atom stereocenters. The summed E-state index contributed by atoms with van der Waals surface area (Å²) >= 11 is 0. The van der Waals surface area contributed by atoms with Gasteiger partial charge in [0.2, 0.25) is 0 Å². The van der Waals surface area contributed by atoms with Crippen molar-refractivity contribution < 1.29 is 20.4 Å². The summed E-state index contributed by atoms with van der Waals surface area (Å²) in [4.78, 5) is 0. The van der Waals surface area contributed by atoms with E-state index in [-0.39, 0.29) is 22.5 Å². The van der Waals surface area contributed by atoms with E-state index in [4.69, 9.17) is 0 Å². The second kappa shape index (κ2) is 19.0. The average Bonchev–Trinajstić information content (AvgIpc) is 3.17. The van der Waals surface area contributed by atoms with E-state index < -0.39 is 0 Å². The zero-order valence-electron chi connectivity index (χ0n) is 36.9. The Morgan fingerprint density at radius 1 is 0.661 bits per heavy atom. The molecule has 0 aromatic heterocycles. The SMILES string of the molecule is C=CC(C)(CC)c1cc(Cc2cc(C)cc(CC3CC(C)=CC(Cc4cc(C(C)(CC)CC)c(O)c(CCCCC)c4C)=C3O)c2O)c(C)c(CCCC)c1O. The van der Waals surface area contributed by atoms with Gasteiger partial charge in [0.05, 0.1) is 5.76 Å². The van der Waals surface area contributed by atoms with Crippen molar-refractivity contribution in [2.45, 2.75) is 177 Å². The van der Waals surface area contributed by atoms with Crippen LogP contribution in [0.1, 0.15) is 174 Å². The Balaban J connectivity index is 1.75. The van der Waals surface area contributed by atoms with Gasteiger partial charge in [-0.2, -0.15) is 0 Å². The average molecular weight is 763 g/mol. The van der Waals surface area contributed by atoms with Gasteiger partial charge in [-0.1, -0.05) is 115 Å². The third-order valence-electron chi connectivity index (χ3n) is 13.8. The highest BCUT2D eigenvalue weighted by Crippen LogP contribution is 2.44. The van der Waals surface area contributed by atoms with E-state index in [2.05, 4.69) is 113 Å². The van der Waals surface area contributed by atoms with E-state index in [9.17, 15) is 20.4 Å². The number of benzene rings is 3. The molecule has 0 heterocycles. The number of allylic oxidation sites excluding steroid dienone is 5. The van der Waals surface area contributed by atoms with Crippen molar-refractivity contribution in [1.29, 1.82) is 0 Å². The number of phenols is 3. The molecule has 0 saturated heterocycles. The maximum atomic E-state index is 12.0. The van der Waals surface area contributed by atoms with Crippen molar-refractivity contribution in [3.63, 3.8) is 0 Å². The molecule has 0 saturated carbocycles. The lowest BCUT2D eigenvalue weighted by atomic mass is 9.74. The molecule has 2 atom stereocenters. The van der Waals surface area contributed by atoms with Crippen molar-refractivity contribution in [3.05, 3.63) is 121 Å². The molecule has 306 valence electrons. The summed E-state index contributed by atoms with van der Waals surface area (Å²) in [6.07, 6.45) is 16.2. The normalized spacial score (nSPS) is 15.9. The van der Waals surface area contributed by atoms with Crippen LogP contribution >= 0.6 is 0 Å². The highest BCUT2D eigenvalue weighted by atomic mass is 16.3. The lowest BCUT2D eigenvalue weighted by molar-refractivity contribution is 0.313. The topological polar surface area (TPSA) is 80.9 Å². The van der Waals surface area contributed by atoms with Crippen LogP contribution in [-0.2, 0) is 42.9 Å². The van der Waals surface area contributed by atoms with Crippen LogP contribution in [0.4, 0.5) is 0 Å². The van der Waals surface area contributed by atoms with Gasteiger partial charge in [0.15, 0.2) is 0 Å². The van der Waals surface area contributed by atoms with Crippen LogP contribution in [0.25, 0.3) is 0 Å². The predicted octanol–water partition coefficient (Wildman–Crippen LogP) is 13.9. The lowest BCUT2D eigenvalue weighted by Crippen LogP contribution is -2.21. The van der Waals surface area contributed by atoms with E-state index in [0.717, 1.165) is 132 Å². The molecule has 1 aliphatic rings. The van der Waals surface area contributed by atoms with Crippen molar-refractivity contribution in [3.8, 4) is 17.2 Å². The summed E-state index contributed by atoms with van der Waals surface area (Å²) in [6.45, 7) is 27.9. The van der Waals surface area contributed by atoms with Crippen LogP contribution in [-0.4, -0.2) is 20.4 Å². The minimum absolute atomic E-state index is 0.137. The number of aliphatic hydroxyl groups is 1. The zero-order chi connectivity index (χ0) is 41.5. The third-order valence-corrected chi connectivity index (χ3v) is 13.8. The Bertz CT molecular complexity index is 1940. The molecule has 56 heavy (non-hydrogen) atoms. The number of hydrogen-bond donors (Lipinski definition) is 4. The summed E-state index contributed by atoms with van der Waals surface area (Å²) in [6, 6.07) is 8.51. The van der Waals surface area contributed by atoms with Gasteiger partial charge < -0.3 is 20.4 Å².